The Balaban J connectivity index is 1.77. The molecule has 10 heteroatoms. The molecule has 7 nitrogen and oxygen atoms in total. The van der Waals surface area contributed by atoms with Gasteiger partial charge >= 0.3 is 0 Å². The maximum absolute atomic E-state index is 15.3. The molecule has 0 fully saturated rings. The van der Waals surface area contributed by atoms with Gasteiger partial charge in [-0.1, -0.05) is 29.8 Å². The monoisotopic (exact) mass is 453 g/mol. The van der Waals surface area contributed by atoms with Crippen LogP contribution >= 0.6 is 11.6 Å². The number of amides is 2. The summed E-state index contributed by atoms with van der Waals surface area (Å²) in [6.45, 7) is 0. The summed E-state index contributed by atoms with van der Waals surface area (Å²) in [4.78, 5) is 28.4. The first-order valence-electron chi connectivity index (χ1n) is 9.22. The molecule has 0 radical (unpaired) electrons. The summed E-state index contributed by atoms with van der Waals surface area (Å²) in [6.07, 6.45) is 1.30. The summed E-state index contributed by atoms with van der Waals surface area (Å²) in [5.74, 6) is -3.49. The second-order valence-electron chi connectivity index (χ2n) is 6.60. The van der Waals surface area contributed by atoms with Crippen molar-refractivity contribution >= 4 is 29.2 Å². The molecule has 0 aliphatic rings. The Kier molecular flexibility index (Phi) is 5.65. The van der Waals surface area contributed by atoms with Gasteiger partial charge < -0.3 is 11.1 Å². The van der Waals surface area contributed by atoms with Gasteiger partial charge in [-0.15, -0.1) is 0 Å². The van der Waals surface area contributed by atoms with Crippen LogP contribution in [-0.4, -0.2) is 26.6 Å². The number of para-hydroxylation sites is 1. The Hall–Kier alpha value is -4.11. The number of hydrogen-bond donors (Lipinski definition) is 2. The van der Waals surface area contributed by atoms with Gasteiger partial charge in [-0.3, -0.25) is 14.6 Å². The minimum Gasteiger partial charge on any atom is -0.364 e. The molecule has 0 unspecified atom stereocenters. The summed E-state index contributed by atoms with van der Waals surface area (Å²) in [7, 11) is 0. The number of aromatic nitrogens is 3. The average molecular weight is 454 g/mol. The van der Waals surface area contributed by atoms with E-state index in [1.165, 1.54) is 35.1 Å². The fraction of sp³-hybridized carbons (Fsp3) is 0. The second-order valence-corrected chi connectivity index (χ2v) is 7.01. The van der Waals surface area contributed by atoms with Crippen LogP contribution in [0.3, 0.4) is 0 Å². The highest BCUT2D eigenvalue weighted by molar-refractivity contribution is 6.34. The lowest BCUT2D eigenvalue weighted by Gasteiger charge is -2.12. The zero-order chi connectivity index (χ0) is 22.8. The lowest BCUT2D eigenvalue weighted by atomic mass is 10.0. The fourth-order valence-corrected chi connectivity index (χ4v) is 3.29. The van der Waals surface area contributed by atoms with E-state index < -0.39 is 29.0 Å². The van der Waals surface area contributed by atoms with Gasteiger partial charge in [0.25, 0.3) is 11.8 Å². The van der Waals surface area contributed by atoms with Gasteiger partial charge in [-0.05, 0) is 36.4 Å². The largest absolute Gasteiger partial charge is 0.364 e. The molecule has 3 N–H and O–H groups in total. The summed E-state index contributed by atoms with van der Waals surface area (Å²) in [6, 6.07) is 14.9. The third kappa shape index (κ3) is 3.93. The van der Waals surface area contributed by atoms with Crippen molar-refractivity contribution in [3.8, 4) is 16.9 Å². The lowest BCUT2D eigenvalue weighted by molar-refractivity contribution is 0.0992. The molecule has 2 aromatic heterocycles. The first-order chi connectivity index (χ1) is 15.4. The SMILES string of the molecule is NC(=O)c1cc(NC(=O)c2c(Cl)ccc(-c3ncccc3F)c2F)n(-c2ccccc2)n1. The number of primary amides is 1. The van der Waals surface area contributed by atoms with Crippen molar-refractivity contribution in [1.29, 1.82) is 0 Å². The minimum atomic E-state index is -1.05. The van der Waals surface area contributed by atoms with Crippen LogP contribution in [0, 0.1) is 11.6 Å². The van der Waals surface area contributed by atoms with Crippen molar-refractivity contribution in [3.63, 3.8) is 0 Å². The first-order valence-corrected chi connectivity index (χ1v) is 9.60. The number of halogens is 3. The predicted molar refractivity (Wildman–Crippen MR) is 115 cm³/mol. The van der Waals surface area contributed by atoms with Crippen LogP contribution in [0.4, 0.5) is 14.6 Å². The molecule has 0 spiro atoms. The topological polar surface area (TPSA) is 103 Å². The standard InChI is InChI=1S/C22H14ClF2N5O2/c23-14-9-8-13(20-15(24)7-4-10-27-20)19(25)18(14)22(32)28-17-11-16(21(26)31)29-30(17)12-5-2-1-3-6-12/h1-11H,(H2,26,31)(H,28,32). The van der Waals surface area contributed by atoms with Crippen molar-refractivity contribution < 1.29 is 18.4 Å². The zero-order valence-corrected chi connectivity index (χ0v) is 17.0. The number of rotatable bonds is 5. The summed E-state index contributed by atoms with van der Waals surface area (Å²) < 4.78 is 30.7. The Morgan fingerprint density at radius 2 is 1.78 bits per heavy atom. The van der Waals surface area contributed by atoms with Crippen LogP contribution in [-0.2, 0) is 0 Å². The molecule has 0 atom stereocenters. The summed E-state index contributed by atoms with van der Waals surface area (Å²) in [5, 5.41) is 6.39. The number of carbonyl (C=O) groups is 2. The van der Waals surface area contributed by atoms with Gasteiger partial charge in [0.05, 0.1) is 16.3 Å². The third-order valence-corrected chi connectivity index (χ3v) is 4.85. The Morgan fingerprint density at radius 3 is 2.47 bits per heavy atom. The van der Waals surface area contributed by atoms with Crippen molar-refractivity contribution in [3.05, 3.63) is 94.8 Å². The number of pyridine rings is 1. The van der Waals surface area contributed by atoms with Gasteiger partial charge in [-0.2, -0.15) is 5.10 Å². The first kappa shape index (κ1) is 21.1. The number of nitrogens with one attached hydrogen (secondary N) is 1. The fourth-order valence-electron chi connectivity index (χ4n) is 3.06. The molecule has 160 valence electrons. The Morgan fingerprint density at radius 1 is 1.03 bits per heavy atom. The number of anilines is 1. The van der Waals surface area contributed by atoms with E-state index in [-0.39, 0.29) is 27.8 Å². The maximum Gasteiger partial charge on any atom is 0.269 e. The molecule has 0 bridgehead atoms. The zero-order valence-electron chi connectivity index (χ0n) is 16.2. The van der Waals surface area contributed by atoms with Crippen LogP contribution < -0.4 is 11.1 Å². The highest BCUT2D eigenvalue weighted by atomic mass is 35.5. The normalized spacial score (nSPS) is 10.7. The second kappa shape index (κ2) is 8.56. The average Bonchev–Trinajstić information content (AvgIpc) is 3.19. The van der Waals surface area contributed by atoms with E-state index >= 15 is 4.39 Å². The predicted octanol–water partition coefficient (Wildman–Crippen LogP) is 4.22. The van der Waals surface area contributed by atoms with Gasteiger partial charge in [0, 0.05) is 17.8 Å². The van der Waals surface area contributed by atoms with Crippen molar-refractivity contribution in [2.24, 2.45) is 5.73 Å². The number of hydrogen-bond acceptors (Lipinski definition) is 4. The van der Waals surface area contributed by atoms with Crippen LogP contribution in [0.5, 0.6) is 0 Å². The summed E-state index contributed by atoms with van der Waals surface area (Å²) in [5.41, 5.74) is 4.71. The van der Waals surface area contributed by atoms with Crippen molar-refractivity contribution in [1.82, 2.24) is 14.8 Å². The molecule has 32 heavy (non-hydrogen) atoms. The number of benzene rings is 2. The minimum absolute atomic E-state index is 0.0555. The van der Waals surface area contributed by atoms with Crippen LogP contribution in [0.15, 0.2) is 66.9 Å². The van der Waals surface area contributed by atoms with E-state index in [1.54, 1.807) is 30.3 Å². The lowest BCUT2D eigenvalue weighted by Crippen LogP contribution is -2.17. The quantitative estimate of drug-likeness (QED) is 0.472. The van der Waals surface area contributed by atoms with E-state index in [0.717, 1.165) is 6.07 Å². The highest BCUT2D eigenvalue weighted by Gasteiger charge is 2.24. The molecule has 0 saturated carbocycles. The van der Waals surface area contributed by atoms with E-state index in [0.29, 0.717) is 5.69 Å². The molecular weight excluding hydrogens is 440 g/mol. The van der Waals surface area contributed by atoms with E-state index in [1.807, 2.05) is 0 Å². The molecule has 4 rings (SSSR count). The molecule has 2 aromatic carbocycles. The molecule has 0 aliphatic heterocycles. The van der Waals surface area contributed by atoms with E-state index in [2.05, 4.69) is 15.4 Å². The van der Waals surface area contributed by atoms with Gasteiger partial charge in [-0.25, -0.2) is 13.5 Å². The molecule has 4 aromatic rings. The third-order valence-electron chi connectivity index (χ3n) is 4.54. The smallest absolute Gasteiger partial charge is 0.269 e. The van der Waals surface area contributed by atoms with Gasteiger partial charge in [0.2, 0.25) is 0 Å². The van der Waals surface area contributed by atoms with Crippen molar-refractivity contribution in [2.75, 3.05) is 5.32 Å². The number of nitrogens with zero attached hydrogens (tertiary/aromatic N) is 3. The molecule has 2 heterocycles. The van der Waals surface area contributed by atoms with Crippen LogP contribution in [0.2, 0.25) is 5.02 Å². The maximum atomic E-state index is 15.3. The Bertz CT molecular complexity index is 1340. The molecule has 0 saturated heterocycles. The van der Waals surface area contributed by atoms with Gasteiger partial charge in [0.15, 0.2) is 5.69 Å². The molecule has 2 amide bonds. The molecular formula is C22H14ClF2N5O2. The number of nitrogens with two attached hydrogens (primary N) is 1. The van der Waals surface area contributed by atoms with Crippen LogP contribution in [0.25, 0.3) is 16.9 Å². The molecule has 0 aliphatic carbocycles. The van der Waals surface area contributed by atoms with Crippen molar-refractivity contribution in [2.45, 2.75) is 0 Å². The van der Waals surface area contributed by atoms with E-state index in [9.17, 15) is 14.0 Å². The Labute approximate surface area is 185 Å². The number of carbonyl (C=O) groups excluding carboxylic acids is 2. The summed E-state index contributed by atoms with van der Waals surface area (Å²) >= 11 is 6.09. The van der Waals surface area contributed by atoms with Gasteiger partial charge in [0.1, 0.15) is 23.1 Å². The highest BCUT2D eigenvalue weighted by Crippen LogP contribution is 2.30. The van der Waals surface area contributed by atoms with Crippen LogP contribution in [0.1, 0.15) is 20.8 Å². The van der Waals surface area contributed by atoms with E-state index in [4.69, 9.17) is 17.3 Å².